The summed E-state index contributed by atoms with van der Waals surface area (Å²) in [6.45, 7) is 7.38. The lowest BCUT2D eigenvalue weighted by Crippen LogP contribution is -2.21. The number of thiophene rings is 1. The maximum atomic E-state index is 3.41. The lowest BCUT2D eigenvalue weighted by molar-refractivity contribution is 0.865. The van der Waals surface area contributed by atoms with Crippen LogP contribution in [0.15, 0.2) is 41.1 Å². The van der Waals surface area contributed by atoms with Gasteiger partial charge in [-0.15, -0.1) is 0 Å². The van der Waals surface area contributed by atoms with E-state index in [4.69, 9.17) is 0 Å². The molecule has 0 radical (unpaired) electrons. The molecule has 0 saturated heterocycles. The second kappa shape index (κ2) is 6.45. The van der Waals surface area contributed by atoms with Gasteiger partial charge < -0.3 is 10.2 Å². The Morgan fingerprint density at radius 2 is 1.78 bits per heavy atom. The molecule has 96 valence electrons. The highest BCUT2D eigenvalue weighted by atomic mass is 32.1. The predicted octanol–water partition coefficient (Wildman–Crippen LogP) is 4.21. The summed E-state index contributed by atoms with van der Waals surface area (Å²) < 4.78 is 0. The third-order valence-electron chi connectivity index (χ3n) is 3.08. The van der Waals surface area contributed by atoms with Crippen molar-refractivity contribution >= 4 is 22.7 Å². The normalized spacial score (nSPS) is 10.3. The standard InChI is InChI=1S/C15H20N2S/c1-3-17(4-2)15-7-5-13(6-8-15)11-16-14-9-10-18-12-14/h5-10,12,16H,3-4,11H2,1-2H3. The fourth-order valence-corrected chi connectivity index (χ4v) is 2.59. The van der Waals surface area contributed by atoms with E-state index >= 15 is 0 Å². The van der Waals surface area contributed by atoms with Gasteiger partial charge in [-0.05, 0) is 43.0 Å². The molecule has 0 unspecified atom stereocenters. The minimum atomic E-state index is 0.884. The summed E-state index contributed by atoms with van der Waals surface area (Å²) in [6.07, 6.45) is 0. The highest BCUT2D eigenvalue weighted by Crippen LogP contribution is 2.17. The summed E-state index contributed by atoms with van der Waals surface area (Å²) in [6, 6.07) is 10.9. The van der Waals surface area contributed by atoms with Crippen molar-refractivity contribution in [3.05, 3.63) is 46.7 Å². The van der Waals surface area contributed by atoms with Crippen LogP contribution in [0, 0.1) is 0 Å². The molecule has 1 N–H and O–H groups in total. The smallest absolute Gasteiger partial charge is 0.0451 e. The topological polar surface area (TPSA) is 15.3 Å². The summed E-state index contributed by atoms with van der Waals surface area (Å²) in [7, 11) is 0. The first-order chi connectivity index (χ1) is 8.83. The monoisotopic (exact) mass is 260 g/mol. The zero-order chi connectivity index (χ0) is 12.8. The number of nitrogens with zero attached hydrogens (tertiary/aromatic N) is 1. The SMILES string of the molecule is CCN(CC)c1ccc(CNc2ccsc2)cc1. The summed E-state index contributed by atoms with van der Waals surface area (Å²) in [5, 5.41) is 7.63. The summed E-state index contributed by atoms with van der Waals surface area (Å²) in [5.41, 5.74) is 3.82. The molecule has 1 aromatic heterocycles. The summed E-state index contributed by atoms with van der Waals surface area (Å²) in [4.78, 5) is 2.36. The Labute approximate surface area is 113 Å². The first-order valence-corrected chi connectivity index (χ1v) is 7.37. The zero-order valence-electron chi connectivity index (χ0n) is 11.0. The molecule has 1 aromatic carbocycles. The van der Waals surface area contributed by atoms with Gasteiger partial charge in [0.25, 0.3) is 0 Å². The van der Waals surface area contributed by atoms with E-state index in [9.17, 15) is 0 Å². The van der Waals surface area contributed by atoms with Crippen LogP contribution in [-0.2, 0) is 6.54 Å². The highest BCUT2D eigenvalue weighted by molar-refractivity contribution is 7.08. The number of hydrogen-bond acceptors (Lipinski definition) is 3. The molecule has 0 saturated carbocycles. The molecule has 2 nitrogen and oxygen atoms in total. The van der Waals surface area contributed by atoms with Gasteiger partial charge in [-0.25, -0.2) is 0 Å². The van der Waals surface area contributed by atoms with Crippen molar-refractivity contribution in [1.82, 2.24) is 0 Å². The van der Waals surface area contributed by atoms with Crippen LogP contribution in [0.4, 0.5) is 11.4 Å². The third-order valence-corrected chi connectivity index (χ3v) is 3.77. The van der Waals surface area contributed by atoms with Gasteiger partial charge in [0.1, 0.15) is 0 Å². The van der Waals surface area contributed by atoms with Gasteiger partial charge in [-0.2, -0.15) is 11.3 Å². The Balaban J connectivity index is 1.95. The van der Waals surface area contributed by atoms with Crippen molar-refractivity contribution in [2.75, 3.05) is 23.3 Å². The van der Waals surface area contributed by atoms with Crippen LogP contribution >= 0.6 is 11.3 Å². The fourth-order valence-electron chi connectivity index (χ4n) is 1.98. The fraction of sp³-hybridized carbons (Fsp3) is 0.333. The zero-order valence-corrected chi connectivity index (χ0v) is 11.8. The first-order valence-electron chi connectivity index (χ1n) is 6.43. The second-order valence-electron chi connectivity index (χ2n) is 4.20. The Hall–Kier alpha value is -1.48. The minimum Gasteiger partial charge on any atom is -0.380 e. The molecule has 0 aliphatic carbocycles. The van der Waals surface area contributed by atoms with Crippen molar-refractivity contribution in [3.63, 3.8) is 0 Å². The molecule has 0 aliphatic heterocycles. The van der Waals surface area contributed by atoms with E-state index < -0.39 is 0 Å². The molecule has 0 fully saturated rings. The predicted molar refractivity (Wildman–Crippen MR) is 81.6 cm³/mol. The van der Waals surface area contributed by atoms with Crippen LogP contribution < -0.4 is 10.2 Å². The van der Waals surface area contributed by atoms with Crippen molar-refractivity contribution in [2.24, 2.45) is 0 Å². The molecule has 3 heteroatoms. The molecule has 1 heterocycles. The minimum absolute atomic E-state index is 0.884. The molecule has 2 rings (SSSR count). The van der Waals surface area contributed by atoms with Gasteiger partial charge in [0, 0.05) is 36.4 Å². The highest BCUT2D eigenvalue weighted by Gasteiger charge is 2.01. The van der Waals surface area contributed by atoms with Crippen LogP contribution in [0.3, 0.4) is 0 Å². The Morgan fingerprint density at radius 1 is 1.06 bits per heavy atom. The van der Waals surface area contributed by atoms with E-state index in [1.807, 2.05) is 0 Å². The van der Waals surface area contributed by atoms with Gasteiger partial charge in [0.2, 0.25) is 0 Å². The Kier molecular flexibility index (Phi) is 4.65. The number of benzene rings is 1. The van der Waals surface area contributed by atoms with Crippen molar-refractivity contribution < 1.29 is 0 Å². The van der Waals surface area contributed by atoms with Crippen molar-refractivity contribution in [1.29, 1.82) is 0 Å². The van der Waals surface area contributed by atoms with E-state index in [0.717, 1.165) is 19.6 Å². The lowest BCUT2D eigenvalue weighted by Gasteiger charge is -2.21. The van der Waals surface area contributed by atoms with E-state index in [2.05, 4.69) is 65.2 Å². The van der Waals surface area contributed by atoms with Crippen LogP contribution in [0.2, 0.25) is 0 Å². The Bertz CT molecular complexity index is 444. The van der Waals surface area contributed by atoms with Crippen molar-refractivity contribution in [2.45, 2.75) is 20.4 Å². The van der Waals surface area contributed by atoms with Crippen LogP contribution in [-0.4, -0.2) is 13.1 Å². The number of anilines is 2. The van der Waals surface area contributed by atoms with Gasteiger partial charge in [-0.3, -0.25) is 0 Å². The lowest BCUT2D eigenvalue weighted by atomic mass is 10.2. The molecule has 2 aromatic rings. The maximum absolute atomic E-state index is 3.41. The van der Waals surface area contributed by atoms with Crippen LogP contribution in [0.25, 0.3) is 0 Å². The molecule has 0 spiro atoms. The first kappa shape index (κ1) is 13.0. The average Bonchev–Trinajstić information content (AvgIpc) is 2.92. The molecule has 0 aliphatic rings. The van der Waals surface area contributed by atoms with E-state index in [-0.39, 0.29) is 0 Å². The Morgan fingerprint density at radius 3 is 2.33 bits per heavy atom. The molecule has 18 heavy (non-hydrogen) atoms. The number of rotatable bonds is 6. The quantitative estimate of drug-likeness (QED) is 0.837. The van der Waals surface area contributed by atoms with Gasteiger partial charge in [-0.1, -0.05) is 12.1 Å². The average molecular weight is 260 g/mol. The maximum Gasteiger partial charge on any atom is 0.0451 e. The van der Waals surface area contributed by atoms with Crippen LogP contribution in [0.5, 0.6) is 0 Å². The molecule has 0 atom stereocenters. The third kappa shape index (κ3) is 3.26. The number of hydrogen-bond donors (Lipinski definition) is 1. The summed E-state index contributed by atoms with van der Waals surface area (Å²) in [5.74, 6) is 0. The largest absolute Gasteiger partial charge is 0.380 e. The van der Waals surface area contributed by atoms with Gasteiger partial charge in [0.15, 0.2) is 0 Å². The second-order valence-corrected chi connectivity index (χ2v) is 4.98. The molecular formula is C15H20N2S. The van der Waals surface area contributed by atoms with E-state index in [1.54, 1.807) is 11.3 Å². The van der Waals surface area contributed by atoms with Gasteiger partial charge in [0.05, 0.1) is 0 Å². The van der Waals surface area contributed by atoms with E-state index in [1.165, 1.54) is 16.9 Å². The van der Waals surface area contributed by atoms with Crippen molar-refractivity contribution in [3.8, 4) is 0 Å². The molecule has 0 amide bonds. The molecular weight excluding hydrogens is 240 g/mol. The van der Waals surface area contributed by atoms with E-state index in [0.29, 0.717) is 0 Å². The number of nitrogens with one attached hydrogen (secondary N) is 1. The molecule has 0 bridgehead atoms. The summed E-state index contributed by atoms with van der Waals surface area (Å²) >= 11 is 1.72. The van der Waals surface area contributed by atoms with Crippen LogP contribution in [0.1, 0.15) is 19.4 Å². The van der Waals surface area contributed by atoms with Gasteiger partial charge >= 0.3 is 0 Å².